The Morgan fingerprint density at radius 1 is 1.43 bits per heavy atom. The minimum atomic E-state index is 0.804. The maximum absolute atomic E-state index is 4.26. The molecule has 0 spiro atoms. The second-order valence-corrected chi connectivity index (χ2v) is 4.42. The predicted octanol–water partition coefficient (Wildman–Crippen LogP) is 2.09. The zero-order valence-corrected chi connectivity index (χ0v) is 9.65. The highest BCUT2D eigenvalue weighted by molar-refractivity contribution is 9.09. The van der Waals surface area contributed by atoms with Crippen molar-refractivity contribution in [1.82, 2.24) is 9.97 Å². The minimum absolute atomic E-state index is 0.804. The van der Waals surface area contributed by atoms with Crippen LogP contribution in [0.1, 0.15) is 12.8 Å². The average Bonchev–Trinajstić information content (AvgIpc) is 2.68. The third-order valence-corrected chi connectivity index (χ3v) is 3.10. The van der Waals surface area contributed by atoms with Crippen LogP contribution in [0.2, 0.25) is 0 Å². The molecule has 1 unspecified atom stereocenters. The van der Waals surface area contributed by atoms with E-state index in [1.807, 2.05) is 6.07 Å². The summed E-state index contributed by atoms with van der Waals surface area (Å²) >= 11 is 3.49. The maximum Gasteiger partial charge on any atom is 0.225 e. The van der Waals surface area contributed by atoms with Crippen LogP contribution in [0.15, 0.2) is 18.5 Å². The number of anilines is 1. The molecule has 0 amide bonds. The SMILES string of the molecule is BrCCC1CCN(c2ncccn2)C1. The van der Waals surface area contributed by atoms with Crippen molar-refractivity contribution >= 4 is 21.9 Å². The molecule has 0 saturated carbocycles. The second kappa shape index (κ2) is 4.73. The van der Waals surface area contributed by atoms with Crippen LogP contribution in [-0.4, -0.2) is 28.4 Å². The fraction of sp³-hybridized carbons (Fsp3) is 0.600. The largest absolute Gasteiger partial charge is 0.341 e. The van der Waals surface area contributed by atoms with Crippen LogP contribution >= 0.6 is 15.9 Å². The number of alkyl halides is 1. The molecule has 1 aliphatic rings. The van der Waals surface area contributed by atoms with Gasteiger partial charge in [-0.05, 0) is 24.8 Å². The minimum Gasteiger partial charge on any atom is -0.341 e. The van der Waals surface area contributed by atoms with E-state index < -0.39 is 0 Å². The zero-order valence-electron chi connectivity index (χ0n) is 8.06. The molecule has 0 aliphatic carbocycles. The normalized spacial score (nSPS) is 21.5. The molecule has 1 fully saturated rings. The molecule has 3 nitrogen and oxygen atoms in total. The highest BCUT2D eigenvalue weighted by Gasteiger charge is 2.23. The summed E-state index contributed by atoms with van der Waals surface area (Å²) in [5.74, 6) is 1.68. The second-order valence-electron chi connectivity index (χ2n) is 3.63. The quantitative estimate of drug-likeness (QED) is 0.775. The molecule has 1 atom stereocenters. The molecule has 1 aromatic heterocycles. The Hall–Kier alpha value is -0.640. The lowest BCUT2D eigenvalue weighted by Gasteiger charge is -2.15. The average molecular weight is 256 g/mol. The number of hydrogen-bond donors (Lipinski definition) is 0. The van der Waals surface area contributed by atoms with Crippen molar-refractivity contribution < 1.29 is 0 Å². The molecular weight excluding hydrogens is 242 g/mol. The zero-order chi connectivity index (χ0) is 9.80. The standard InChI is InChI=1S/C10H14BrN3/c11-4-2-9-3-7-14(8-9)10-12-5-1-6-13-10/h1,5-6,9H,2-4,7-8H2. The Morgan fingerprint density at radius 3 is 2.93 bits per heavy atom. The van der Waals surface area contributed by atoms with E-state index in [9.17, 15) is 0 Å². The molecule has 1 saturated heterocycles. The van der Waals surface area contributed by atoms with Gasteiger partial charge in [0.2, 0.25) is 5.95 Å². The van der Waals surface area contributed by atoms with Gasteiger partial charge in [-0.25, -0.2) is 9.97 Å². The summed E-state index contributed by atoms with van der Waals surface area (Å²) in [4.78, 5) is 10.8. The van der Waals surface area contributed by atoms with Crippen LogP contribution in [0.25, 0.3) is 0 Å². The van der Waals surface area contributed by atoms with Crippen molar-refractivity contribution in [1.29, 1.82) is 0 Å². The maximum atomic E-state index is 4.26. The molecule has 0 bridgehead atoms. The molecule has 76 valence electrons. The Balaban J connectivity index is 1.96. The Bertz CT molecular complexity index is 278. The van der Waals surface area contributed by atoms with Gasteiger partial charge in [0.15, 0.2) is 0 Å². The summed E-state index contributed by atoms with van der Waals surface area (Å²) in [6.07, 6.45) is 6.13. The lowest BCUT2D eigenvalue weighted by Crippen LogP contribution is -2.21. The van der Waals surface area contributed by atoms with E-state index in [1.54, 1.807) is 12.4 Å². The summed E-state index contributed by atoms with van der Waals surface area (Å²) in [5.41, 5.74) is 0. The number of hydrogen-bond acceptors (Lipinski definition) is 3. The van der Waals surface area contributed by atoms with Gasteiger partial charge < -0.3 is 4.90 Å². The summed E-state index contributed by atoms with van der Waals surface area (Å²) in [7, 11) is 0. The summed E-state index contributed by atoms with van der Waals surface area (Å²) < 4.78 is 0. The fourth-order valence-electron chi connectivity index (χ4n) is 1.86. The van der Waals surface area contributed by atoms with Crippen LogP contribution in [0.3, 0.4) is 0 Å². The molecular formula is C10H14BrN3. The Morgan fingerprint density at radius 2 is 2.21 bits per heavy atom. The molecule has 0 N–H and O–H groups in total. The lowest BCUT2D eigenvalue weighted by atomic mass is 10.1. The van der Waals surface area contributed by atoms with Gasteiger partial charge in [0.25, 0.3) is 0 Å². The van der Waals surface area contributed by atoms with E-state index >= 15 is 0 Å². The van der Waals surface area contributed by atoms with Gasteiger partial charge in [-0.1, -0.05) is 15.9 Å². The predicted molar refractivity (Wildman–Crippen MR) is 60.8 cm³/mol. The number of rotatable bonds is 3. The van der Waals surface area contributed by atoms with Gasteiger partial charge in [0.1, 0.15) is 0 Å². The highest BCUT2D eigenvalue weighted by Crippen LogP contribution is 2.22. The summed E-state index contributed by atoms with van der Waals surface area (Å²) in [5, 5.41) is 1.10. The van der Waals surface area contributed by atoms with E-state index in [4.69, 9.17) is 0 Å². The lowest BCUT2D eigenvalue weighted by molar-refractivity contribution is 0.575. The molecule has 2 rings (SSSR count). The molecule has 1 aromatic rings. The Kier molecular flexibility index (Phi) is 3.35. The fourth-order valence-corrected chi connectivity index (χ4v) is 2.51. The van der Waals surface area contributed by atoms with Crippen molar-refractivity contribution in [3.63, 3.8) is 0 Å². The first-order valence-electron chi connectivity index (χ1n) is 4.98. The van der Waals surface area contributed by atoms with Crippen molar-refractivity contribution in [3.8, 4) is 0 Å². The van der Waals surface area contributed by atoms with E-state index in [0.29, 0.717) is 0 Å². The number of halogens is 1. The van der Waals surface area contributed by atoms with Gasteiger partial charge in [-0.3, -0.25) is 0 Å². The van der Waals surface area contributed by atoms with Crippen LogP contribution in [0.4, 0.5) is 5.95 Å². The summed E-state index contributed by atoms with van der Waals surface area (Å²) in [6.45, 7) is 2.21. The van der Waals surface area contributed by atoms with Crippen molar-refractivity contribution in [2.75, 3.05) is 23.3 Å². The van der Waals surface area contributed by atoms with E-state index in [0.717, 1.165) is 30.3 Å². The molecule has 0 aromatic carbocycles. The smallest absolute Gasteiger partial charge is 0.225 e. The molecule has 1 aliphatic heterocycles. The summed E-state index contributed by atoms with van der Waals surface area (Å²) in [6, 6.07) is 1.86. The van der Waals surface area contributed by atoms with Crippen LogP contribution in [0, 0.1) is 5.92 Å². The van der Waals surface area contributed by atoms with Crippen molar-refractivity contribution in [3.05, 3.63) is 18.5 Å². The van der Waals surface area contributed by atoms with Gasteiger partial charge >= 0.3 is 0 Å². The number of aromatic nitrogens is 2. The van der Waals surface area contributed by atoms with E-state index in [-0.39, 0.29) is 0 Å². The van der Waals surface area contributed by atoms with Gasteiger partial charge in [0, 0.05) is 30.8 Å². The van der Waals surface area contributed by atoms with Crippen molar-refractivity contribution in [2.24, 2.45) is 5.92 Å². The van der Waals surface area contributed by atoms with Crippen LogP contribution in [-0.2, 0) is 0 Å². The van der Waals surface area contributed by atoms with Gasteiger partial charge in [-0.15, -0.1) is 0 Å². The monoisotopic (exact) mass is 255 g/mol. The Labute approximate surface area is 92.7 Å². The van der Waals surface area contributed by atoms with Crippen molar-refractivity contribution in [2.45, 2.75) is 12.8 Å². The molecule has 2 heterocycles. The third kappa shape index (κ3) is 2.23. The molecule has 0 radical (unpaired) electrons. The van der Waals surface area contributed by atoms with E-state index in [1.165, 1.54) is 12.8 Å². The third-order valence-electron chi connectivity index (χ3n) is 2.64. The molecule has 4 heteroatoms. The van der Waals surface area contributed by atoms with Gasteiger partial charge in [-0.2, -0.15) is 0 Å². The highest BCUT2D eigenvalue weighted by atomic mass is 79.9. The number of nitrogens with zero attached hydrogens (tertiary/aromatic N) is 3. The topological polar surface area (TPSA) is 29.0 Å². The first-order valence-corrected chi connectivity index (χ1v) is 6.10. The van der Waals surface area contributed by atoms with Crippen LogP contribution in [0.5, 0.6) is 0 Å². The first-order chi connectivity index (χ1) is 6.90. The van der Waals surface area contributed by atoms with Crippen LogP contribution < -0.4 is 4.90 Å². The van der Waals surface area contributed by atoms with Gasteiger partial charge in [0.05, 0.1) is 0 Å². The molecule has 14 heavy (non-hydrogen) atoms. The van der Waals surface area contributed by atoms with E-state index in [2.05, 4.69) is 30.8 Å². The first kappa shape index (κ1) is 9.90.